The molecular formula is C15H25N3O2S. The van der Waals surface area contributed by atoms with Crippen molar-refractivity contribution in [3.63, 3.8) is 0 Å². The number of hydrogen-bond acceptors (Lipinski definition) is 4. The summed E-state index contributed by atoms with van der Waals surface area (Å²) in [6.07, 6.45) is 8.92. The topological polar surface area (TPSA) is 71.1 Å². The third kappa shape index (κ3) is 4.97. The maximum atomic E-state index is 12.4. The van der Waals surface area contributed by atoms with Crippen LogP contribution < -0.4 is 10.0 Å². The fraction of sp³-hybridized carbons (Fsp3) is 0.667. The molecule has 0 bridgehead atoms. The summed E-state index contributed by atoms with van der Waals surface area (Å²) in [5, 5.41) is 3.14. The molecule has 1 saturated carbocycles. The van der Waals surface area contributed by atoms with Gasteiger partial charge in [0.05, 0.1) is 0 Å². The molecule has 1 aromatic rings. The minimum Gasteiger partial charge on any atom is -0.370 e. The molecule has 1 aliphatic carbocycles. The first-order valence-electron chi connectivity index (χ1n) is 7.84. The quantitative estimate of drug-likeness (QED) is 0.792. The molecule has 0 unspecified atom stereocenters. The highest BCUT2D eigenvalue weighted by molar-refractivity contribution is 7.89. The fourth-order valence-electron chi connectivity index (χ4n) is 2.58. The van der Waals surface area contributed by atoms with Crippen molar-refractivity contribution >= 4 is 15.8 Å². The predicted molar refractivity (Wildman–Crippen MR) is 84.8 cm³/mol. The first kappa shape index (κ1) is 16.2. The minimum absolute atomic E-state index is 0.0652. The number of rotatable bonds is 6. The Morgan fingerprint density at radius 3 is 2.48 bits per heavy atom. The Morgan fingerprint density at radius 2 is 1.90 bits per heavy atom. The summed E-state index contributed by atoms with van der Waals surface area (Å²) >= 11 is 0. The monoisotopic (exact) mass is 311 g/mol. The lowest BCUT2D eigenvalue weighted by Gasteiger charge is -2.16. The molecule has 0 spiro atoms. The SMILES string of the molecule is CCCNc1ccc(S(=O)(=O)NC2CCCCCC2)cn1. The van der Waals surface area contributed by atoms with Crippen LogP contribution in [-0.4, -0.2) is 26.0 Å². The van der Waals surface area contributed by atoms with Gasteiger partial charge in [-0.15, -0.1) is 0 Å². The summed E-state index contributed by atoms with van der Waals surface area (Å²) in [6, 6.07) is 3.40. The van der Waals surface area contributed by atoms with Gasteiger partial charge < -0.3 is 5.32 Å². The molecule has 5 nitrogen and oxygen atoms in total. The lowest BCUT2D eigenvalue weighted by atomic mass is 10.1. The van der Waals surface area contributed by atoms with Crippen LogP contribution in [-0.2, 0) is 10.0 Å². The molecule has 2 rings (SSSR count). The molecule has 0 aromatic carbocycles. The molecule has 0 saturated heterocycles. The second kappa shape index (κ2) is 7.75. The van der Waals surface area contributed by atoms with Gasteiger partial charge in [0.1, 0.15) is 10.7 Å². The van der Waals surface area contributed by atoms with Gasteiger partial charge in [-0.25, -0.2) is 18.1 Å². The second-order valence-corrected chi connectivity index (χ2v) is 7.33. The number of hydrogen-bond donors (Lipinski definition) is 2. The molecule has 0 amide bonds. The van der Waals surface area contributed by atoms with Gasteiger partial charge in [0.25, 0.3) is 0 Å². The molecule has 1 fully saturated rings. The van der Waals surface area contributed by atoms with Crippen LogP contribution >= 0.6 is 0 Å². The van der Waals surface area contributed by atoms with Gasteiger partial charge in [-0.2, -0.15) is 0 Å². The van der Waals surface area contributed by atoms with Crippen molar-refractivity contribution in [1.82, 2.24) is 9.71 Å². The highest BCUT2D eigenvalue weighted by Gasteiger charge is 2.21. The van der Waals surface area contributed by atoms with Crippen molar-refractivity contribution in [2.75, 3.05) is 11.9 Å². The normalized spacial score (nSPS) is 17.4. The zero-order valence-corrected chi connectivity index (χ0v) is 13.5. The average molecular weight is 311 g/mol. The number of anilines is 1. The standard InChI is InChI=1S/C15H25N3O2S/c1-2-11-16-15-10-9-14(12-17-15)21(19,20)18-13-7-5-3-4-6-8-13/h9-10,12-13,18H,2-8,11H2,1H3,(H,16,17). The smallest absolute Gasteiger partial charge is 0.242 e. The van der Waals surface area contributed by atoms with Crippen molar-refractivity contribution < 1.29 is 8.42 Å². The molecule has 1 aliphatic rings. The minimum atomic E-state index is -3.45. The summed E-state index contributed by atoms with van der Waals surface area (Å²) in [7, 11) is -3.45. The summed E-state index contributed by atoms with van der Waals surface area (Å²) in [5.74, 6) is 0.713. The third-order valence-corrected chi connectivity index (χ3v) is 5.29. The molecule has 1 heterocycles. The molecule has 0 atom stereocenters. The van der Waals surface area contributed by atoms with Crippen molar-refractivity contribution in [3.8, 4) is 0 Å². The van der Waals surface area contributed by atoms with Crippen LogP contribution in [0.2, 0.25) is 0 Å². The van der Waals surface area contributed by atoms with Gasteiger partial charge in [-0.1, -0.05) is 32.6 Å². The van der Waals surface area contributed by atoms with Gasteiger partial charge >= 0.3 is 0 Å². The van der Waals surface area contributed by atoms with Gasteiger partial charge in [-0.3, -0.25) is 0 Å². The van der Waals surface area contributed by atoms with E-state index in [1.807, 2.05) is 0 Å². The Bertz CT molecular complexity index is 520. The van der Waals surface area contributed by atoms with E-state index in [-0.39, 0.29) is 10.9 Å². The van der Waals surface area contributed by atoms with Crippen LogP contribution in [0, 0.1) is 0 Å². The van der Waals surface area contributed by atoms with Gasteiger partial charge in [-0.05, 0) is 31.4 Å². The van der Waals surface area contributed by atoms with E-state index in [0.717, 1.165) is 38.6 Å². The summed E-state index contributed by atoms with van der Waals surface area (Å²) in [4.78, 5) is 4.41. The van der Waals surface area contributed by atoms with Crippen LogP contribution in [0.1, 0.15) is 51.9 Å². The largest absolute Gasteiger partial charge is 0.370 e. The Hall–Kier alpha value is -1.14. The van der Waals surface area contributed by atoms with Gasteiger partial charge in [0.2, 0.25) is 10.0 Å². The molecule has 0 radical (unpaired) electrons. The zero-order valence-electron chi connectivity index (χ0n) is 12.6. The zero-order chi connectivity index (χ0) is 15.1. The molecule has 1 aromatic heterocycles. The maximum absolute atomic E-state index is 12.4. The average Bonchev–Trinajstić information content (AvgIpc) is 2.73. The van der Waals surface area contributed by atoms with Crippen molar-refractivity contribution in [1.29, 1.82) is 0 Å². The third-order valence-electron chi connectivity index (χ3n) is 3.78. The fourth-order valence-corrected chi connectivity index (χ4v) is 3.83. The lowest BCUT2D eigenvalue weighted by molar-refractivity contribution is 0.509. The first-order chi connectivity index (χ1) is 10.1. The van der Waals surface area contributed by atoms with E-state index in [0.29, 0.717) is 5.82 Å². The Kier molecular flexibility index (Phi) is 5.99. The van der Waals surface area contributed by atoms with E-state index < -0.39 is 10.0 Å². The lowest BCUT2D eigenvalue weighted by Crippen LogP contribution is -2.34. The highest BCUT2D eigenvalue weighted by atomic mass is 32.2. The van der Waals surface area contributed by atoms with Crippen LogP contribution in [0.15, 0.2) is 23.2 Å². The van der Waals surface area contributed by atoms with Crippen LogP contribution in [0.3, 0.4) is 0 Å². The van der Waals surface area contributed by atoms with Gasteiger partial charge in [0, 0.05) is 18.8 Å². The number of nitrogens with one attached hydrogen (secondary N) is 2. The number of nitrogens with zero attached hydrogens (tertiary/aromatic N) is 1. The molecule has 2 N–H and O–H groups in total. The van der Waals surface area contributed by atoms with E-state index in [1.165, 1.54) is 19.0 Å². The molecule has 21 heavy (non-hydrogen) atoms. The van der Waals surface area contributed by atoms with E-state index in [4.69, 9.17) is 0 Å². The second-order valence-electron chi connectivity index (χ2n) is 5.62. The molecule has 0 aliphatic heterocycles. The van der Waals surface area contributed by atoms with E-state index >= 15 is 0 Å². The molecular weight excluding hydrogens is 286 g/mol. The number of aromatic nitrogens is 1. The molecule has 6 heteroatoms. The van der Waals surface area contributed by atoms with Crippen LogP contribution in [0.25, 0.3) is 0 Å². The maximum Gasteiger partial charge on any atom is 0.242 e. The Morgan fingerprint density at radius 1 is 1.19 bits per heavy atom. The van der Waals surface area contributed by atoms with Crippen molar-refractivity contribution in [2.24, 2.45) is 0 Å². The summed E-state index contributed by atoms with van der Waals surface area (Å²) in [5.41, 5.74) is 0. The van der Waals surface area contributed by atoms with Crippen LogP contribution in [0.4, 0.5) is 5.82 Å². The molecule has 118 valence electrons. The number of sulfonamides is 1. The van der Waals surface area contributed by atoms with Crippen molar-refractivity contribution in [2.45, 2.75) is 62.8 Å². The van der Waals surface area contributed by atoms with E-state index in [2.05, 4.69) is 21.9 Å². The Labute approximate surface area is 127 Å². The summed E-state index contributed by atoms with van der Waals surface area (Å²) < 4.78 is 27.6. The Balaban J connectivity index is 2.01. The van der Waals surface area contributed by atoms with E-state index in [9.17, 15) is 8.42 Å². The highest BCUT2D eigenvalue weighted by Crippen LogP contribution is 2.19. The first-order valence-corrected chi connectivity index (χ1v) is 9.32. The summed E-state index contributed by atoms with van der Waals surface area (Å²) in [6.45, 7) is 2.90. The van der Waals surface area contributed by atoms with E-state index in [1.54, 1.807) is 12.1 Å². The van der Waals surface area contributed by atoms with Crippen LogP contribution in [0.5, 0.6) is 0 Å². The van der Waals surface area contributed by atoms with Gasteiger partial charge in [0.15, 0.2) is 0 Å². The number of pyridine rings is 1. The van der Waals surface area contributed by atoms with Crippen molar-refractivity contribution in [3.05, 3.63) is 18.3 Å². The predicted octanol–water partition coefficient (Wildman–Crippen LogP) is 2.90.